The molecule has 2 aromatic heterocycles. The molecule has 5 N–H and O–H groups in total. The van der Waals surface area contributed by atoms with Gasteiger partial charge in [-0.05, 0) is 24.6 Å². The summed E-state index contributed by atoms with van der Waals surface area (Å²) in [5.74, 6) is 5.81. The maximum absolute atomic E-state index is 12.7. The summed E-state index contributed by atoms with van der Waals surface area (Å²) in [5, 5.41) is 2.87. The van der Waals surface area contributed by atoms with Crippen molar-refractivity contribution >= 4 is 33.9 Å². The smallest absolute Gasteiger partial charge is 0.257 e. The monoisotopic (exact) mass is 346 g/mol. The minimum Gasteiger partial charge on any atom is -0.383 e. The second-order valence-corrected chi connectivity index (χ2v) is 6.18. The van der Waals surface area contributed by atoms with Crippen LogP contribution in [0, 0.1) is 6.92 Å². The Labute approximate surface area is 149 Å². The zero-order valence-corrected chi connectivity index (χ0v) is 14.2. The summed E-state index contributed by atoms with van der Waals surface area (Å²) in [6.07, 6.45) is 0. The molecule has 4 rings (SSSR count). The van der Waals surface area contributed by atoms with Crippen LogP contribution in [-0.2, 0) is 6.54 Å². The molecule has 1 amide bonds. The Bertz CT molecular complexity index is 1130. The molecular formula is C19H18N6O. The van der Waals surface area contributed by atoms with Gasteiger partial charge in [-0.1, -0.05) is 42.0 Å². The average Bonchev–Trinajstić information content (AvgIpc) is 2.89. The number of rotatable bonds is 3. The minimum atomic E-state index is -0.332. The van der Waals surface area contributed by atoms with Gasteiger partial charge in [0.05, 0.1) is 11.0 Å². The van der Waals surface area contributed by atoms with Gasteiger partial charge in [-0.3, -0.25) is 4.79 Å². The van der Waals surface area contributed by atoms with Crippen LogP contribution in [0.3, 0.4) is 0 Å². The normalized spacial score (nSPS) is 11.1. The molecule has 0 radical (unpaired) electrons. The average molecular weight is 346 g/mol. The molecule has 7 nitrogen and oxygen atoms in total. The number of benzene rings is 2. The van der Waals surface area contributed by atoms with E-state index in [2.05, 4.69) is 15.3 Å². The molecule has 7 heteroatoms. The number of fused-ring (bicyclic) bond motifs is 2. The van der Waals surface area contributed by atoms with Crippen LogP contribution in [0.25, 0.3) is 22.2 Å². The molecule has 0 spiro atoms. The number of para-hydroxylation sites is 2. The van der Waals surface area contributed by atoms with Crippen LogP contribution in [0.1, 0.15) is 21.5 Å². The van der Waals surface area contributed by atoms with Crippen LogP contribution in [0.15, 0.2) is 48.5 Å². The maximum Gasteiger partial charge on any atom is 0.257 e. The lowest BCUT2D eigenvalue weighted by atomic mass is 10.1. The molecule has 0 unspecified atom stereocenters. The van der Waals surface area contributed by atoms with Crippen LogP contribution in [0.5, 0.6) is 0 Å². The Morgan fingerprint density at radius 2 is 1.73 bits per heavy atom. The number of nitrogens with two attached hydrogens (primary N) is 2. The van der Waals surface area contributed by atoms with Crippen molar-refractivity contribution in [2.45, 2.75) is 13.5 Å². The summed E-state index contributed by atoms with van der Waals surface area (Å²) < 4.78 is 1.20. The Balaban J connectivity index is 1.72. The highest BCUT2D eigenvalue weighted by atomic mass is 16.1. The Morgan fingerprint density at radius 1 is 1.08 bits per heavy atom. The fraction of sp³-hybridized carbons (Fsp3) is 0.105. The van der Waals surface area contributed by atoms with Crippen LogP contribution < -0.4 is 16.9 Å². The van der Waals surface area contributed by atoms with Gasteiger partial charge in [-0.15, -0.1) is 0 Å². The maximum atomic E-state index is 12.7. The number of amides is 1. The zero-order valence-electron chi connectivity index (χ0n) is 14.2. The molecular weight excluding hydrogens is 328 g/mol. The second kappa shape index (κ2) is 6.03. The molecule has 4 aromatic rings. The van der Waals surface area contributed by atoms with Crippen molar-refractivity contribution in [1.29, 1.82) is 0 Å². The van der Waals surface area contributed by atoms with Crippen molar-refractivity contribution in [2.24, 2.45) is 0 Å². The molecule has 0 aliphatic rings. The largest absolute Gasteiger partial charge is 0.383 e. The topological polar surface area (TPSA) is 112 Å². The number of anilines is 1. The Kier molecular flexibility index (Phi) is 3.69. The lowest BCUT2D eigenvalue weighted by molar-refractivity contribution is 0.0953. The molecule has 0 saturated heterocycles. The highest BCUT2D eigenvalue weighted by Gasteiger charge is 2.22. The number of carbonyl (C=O) groups is 1. The number of aromatic nitrogens is 3. The third kappa shape index (κ3) is 2.59. The Hall–Kier alpha value is -3.61. The van der Waals surface area contributed by atoms with Gasteiger partial charge in [0.1, 0.15) is 16.9 Å². The first-order chi connectivity index (χ1) is 12.5. The second-order valence-electron chi connectivity index (χ2n) is 6.18. The van der Waals surface area contributed by atoms with Gasteiger partial charge >= 0.3 is 0 Å². The van der Waals surface area contributed by atoms with E-state index in [1.54, 1.807) is 0 Å². The fourth-order valence-electron chi connectivity index (χ4n) is 2.88. The van der Waals surface area contributed by atoms with Gasteiger partial charge in [0.15, 0.2) is 5.65 Å². The first-order valence-corrected chi connectivity index (χ1v) is 8.20. The van der Waals surface area contributed by atoms with Crippen molar-refractivity contribution in [3.63, 3.8) is 0 Å². The first kappa shape index (κ1) is 15.9. The summed E-state index contributed by atoms with van der Waals surface area (Å²) in [7, 11) is 0. The van der Waals surface area contributed by atoms with Crippen molar-refractivity contribution in [2.75, 3.05) is 11.6 Å². The van der Waals surface area contributed by atoms with Gasteiger partial charge in [0.25, 0.3) is 5.91 Å². The fourth-order valence-corrected chi connectivity index (χ4v) is 2.88. The molecule has 2 heterocycles. The van der Waals surface area contributed by atoms with Gasteiger partial charge in [-0.2, -0.15) is 0 Å². The van der Waals surface area contributed by atoms with E-state index in [4.69, 9.17) is 11.6 Å². The number of nitrogen functional groups attached to an aromatic ring is 2. The van der Waals surface area contributed by atoms with Crippen LogP contribution in [0.4, 0.5) is 5.82 Å². The van der Waals surface area contributed by atoms with E-state index in [-0.39, 0.29) is 17.3 Å². The van der Waals surface area contributed by atoms with Gasteiger partial charge in [-0.25, -0.2) is 14.6 Å². The van der Waals surface area contributed by atoms with Gasteiger partial charge in [0.2, 0.25) is 0 Å². The summed E-state index contributed by atoms with van der Waals surface area (Å²) in [4.78, 5) is 21.8. The molecule has 2 aromatic carbocycles. The van der Waals surface area contributed by atoms with E-state index in [9.17, 15) is 4.79 Å². The van der Waals surface area contributed by atoms with E-state index < -0.39 is 0 Å². The third-order valence-corrected chi connectivity index (χ3v) is 4.33. The first-order valence-electron chi connectivity index (χ1n) is 8.20. The zero-order chi connectivity index (χ0) is 18.3. The molecule has 0 aliphatic heterocycles. The van der Waals surface area contributed by atoms with Crippen molar-refractivity contribution in [3.8, 4) is 0 Å². The van der Waals surface area contributed by atoms with E-state index in [1.807, 2.05) is 55.5 Å². The predicted molar refractivity (Wildman–Crippen MR) is 102 cm³/mol. The third-order valence-electron chi connectivity index (χ3n) is 4.33. The minimum absolute atomic E-state index is 0.136. The summed E-state index contributed by atoms with van der Waals surface area (Å²) in [6.45, 7) is 2.40. The molecule has 0 saturated carbocycles. The lowest BCUT2D eigenvalue weighted by Crippen LogP contribution is -2.24. The van der Waals surface area contributed by atoms with Crippen LogP contribution >= 0.6 is 0 Å². The van der Waals surface area contributed by atoms with Crippen LogP contribution in [-0.4, -0.2) is 20.6 Å². The van der Waals surface area contributed by atoms with Gasteiger partial charge in [0, 0.05) is 6.54 Å². The Morgan fingerprint density at radius 3 is 2.42 bits per heavy atom. The number of hydrogen-bond acceptors (Lipinski definition) is 5. The number of hydrogen-bond donors (Lipinski definition) is 3. The molecule has 130 valence electrons. The van der Waals surface area contributed by atoms with Crippen molar-refractivity contribution < 1.29 is 4.79 Å². The predicted octanol–water partition coefficient (Wildman–Crippen LogP) is 2.12. The highest BCUT2D eigenvalue weighted by Crippen LogP contribution is 2.25. The standard InChI is InChI=1S/C19H18N6O/c1-11-6-8-12(9-7-11)10-22-19(26)15-16-18(25(21)17(15)20)24-14-5-3-2-4-13(14)23-16/h2-9H,10,20-21H2,1H3,(H,22,26). The number of nitrogens with one attached hydrogen (secondary N) is 1. The van der Waals surface area contributed by atoms with Crippen LogP contribution in [0.2, 0.25) is 0 Å². The summed E-state index contributed by atoms with van der Waals surface area (Å²) >= 11 is 0. The number of nitrogens with zero attached hydrogens (tertiary/aromatic N) is 3. The number of carbonyl (C=O) groups excluding carboxylic acids is 1. The van der Waals surface area contributed by atoms with E-state index >= 15 is 0 Å². The lowest BCUT2D eigenvalue weighted by Gasteiger charge is -2.06. The number of aryl methyl sites for hydroxylation is 1. The molecule has 0 aliphatic carbocycles. The van der Waals surface area contributed by atoms with E-state index in [1.165, 1.54) is 4.68 Å². The van der Waals surface area contributed by atoms with Crippen molar-refractivity contribution in [1.82, 2.24) is 20.0 Å². The van der Waals surface area contributed by atoms with Crippen molar-refractivity contribution in [3.05, 3.63) is 65.2 Å². The molecule has 26 heavy (non-hydrogen) atoms. The molecule has 0 fully saturated rings. The quantitative estimate of drug-likeness (QED) is 0.492. The highest BCUT2D eigenvalue weighted by molar-refractivity contribution is 6.10. The SMILES string of the molecule is Cc1ccc(CNC(=O)c2c(N)n(N)c3nc4ccccc4nc23)cc1. The summed E-state index contributed by atoms with van der Waals surface area (Å²) in [6, 6.07) is 15.3. The molecule has 0 atom stereocenters. The van der Waals surface area contributed by atoms with Gasteiger partial charge < -0.3 is 16.9 Å². The summed E-state index contributed by atoms with van der Waals surface area (Å²) in [5.41, 5.74) is 10.6. The molecule has 0 bridgehead atoms. The van der Waals surface area contributed by atoms with E-state index in [0.29, 0.717) is 28.7 Å². The van der Waals surface area contributed by atoms with E-state index in [0.717, 1.165) is 11.1 Å².